The van der Waals surface area contributed by atoms with Gasteiger partial charge in [-0.2, -0.15) is 5.10 Å². The van der Waals surface area contributed by atoms with Crippen LogP contribution in [-0.4, -0.2) is 59.7 Å². The Hall–Kier alpha value is -4.11. The molecule has 2 aromatic carbocycles. The molecule has 3 heterocycles. The van der Waals surface area contributed by atoms with Crippen LogP contribution in [0.1, 0.15) is 40.5 Å². The average molecular weight is 472 g/mol. The summed E-state index contributed by atoms with van der Waals surface area (Å²) in [4.78, 5) is 43.8. The van der Waals surface area contributed by atoms with Crippen LogP contribution in [0.4, 0.5) is 0 Å². The van der Waals surface area contributed by atoms with Crippen molar-refractivity contribution in [3.8, 4) is 5.69 Å². The molecular weight excluding hydrogens is 446 g/mol. The maximum atomic E-state index is 13.2. The van der Waals surface area contributed by atoms with Crippen molar-refractivity contribution in [2.24, 2.45) is 0 Å². The van der Waals surface area contributed by atoms with E-state index in [2.05, 4.69) is 10.1 Å². The van der Waals surface area contributed by atoms with E-state index in [0.29, 0.717) is 53.8 Å². The summed E-state index contributed by atoms with van der Waals surface area (Å²) < 4.78 is 2.92. The lowest BCUT2D eigenvalue weighted by Gasteiger charge is -2.38. The molecule has 1 N–H and O–H groups in total. The summed E-state index contributed by atoms with van der Waals surface area (Å²) >= 11 is 0. The van der Waals surface area contributed by atoms with Crippen LogP contribution in [-0.2, 0) is 6.54 Å². The highest BCUT2D eigenvalue weighted by Gasteiger charge is 2.35. The predicted octanol–water partition coefficient (Wildman–Crippen LogP) is 2.45. The van der Waals surface area contributed by atoms with Gasteiger partial charge >= 0.3 is 0 Å². The number of Topliss-reactive ketones (excluding diaryl/α,β-unsaturated/α-hetero) is 1. The van der Waals surface area contributed by atoms with E-state index in [1.54, 1.807) is 41.3 Å². The van der Waals surface area contributed by atoms with Crippen molar-refractivity contribution in [2.45, 2.75) is 31.9 Å². The van der Waals surface area contributed by atoms with Gasteiger partial charge in [-0.25, -0.2) is 9.67 Å². The predicted molar refractivity (Wildman–Crippen MR) is 130 cm³/mol. The van der Waals surface area contributed by atoms with Crippen molar-refractivity contribution < 1.29 is 14.7 Å². The van der Waals surface area contributed by atoms with Crippen LogP contribution in [0.5, 0.6) is 0 Å². The normalized spacial score (nSPS) is 15.3. The molecule has 4 aromatic rings. The molecule has 9 heteroatoms. The van der Waals surface area contributed by atoms with E-state index in [0.717, 1.165) is 0 Å². The lowest BCUT2D eigenvalue weighted by molar-refractivity contribution is -0.0299. The third-order valence-electron chi connectivity index (χ3n) is 6.52. The third kappa shape index (κ3) is 4.38. The summed E-state index contributed by atoms with van der Waals surface area (Å²) in [5, 5.41) is 15.8. The van der Waals surface area contributed by atoms with Crippen LogP contribution in [0, 0.1) is 0 Å². The van der Waals surface area contributed by atoms with Crippen LogP contribution in [0.2, 0.25) is 0 Å². The molecule has 1 fully saturated rings. The largest absolute Gasteiger partial charge is 0.388 e. The van der Waals surface area contributed by atoms with Crippen molar-refractivity contribution in [3.05, 3.63) is 88.6 Å². The van der Waals surface area contributed by atoms with Gasteiger partial charge in [0.15, 0.2) is 11.4 Å². The number of amides is 1. The van der Waals surface area contributed by atoms with Crippen LogP contribution in [0.25, 0.3) is 16.7 Å². The number of carbonyl (C=O) groups excluding carboxylic acids is 2. The minimum Gasteiger partial charge on any atom is -0.388 e. The van der Waals surface area contributed by atoms with Crippen molar-refractivity contribution in [2.75, 3.05) is 13.1 Å². The first-order chi connectivity index (χ1) is 16.8. The summed E-state index contributed by atoms with van der Waals surface area (Å²) in [6, 6.07) is 16.0. The van der Waals surface area contributed by atoms with Gasteiger partial charge in [-0.15, -0.1) is 0 Å². The molecule has 0 saturated carbocycles. The van der Waals surface area contributed by atoms with Crippen molar-refractivity contribution in [1.82, 2.24) is 24.2 Å². The molecule has 0 spiro atoms. The summed E-state index contributed by atoms with van der Waals surface area (Å²) in [5.74, 6) is -0.127. The number of likely N-dealkylation sites (tertiary alicyclic amines) is 1. The molecule has 2 aromatic heterocycles. The minimum absolute atomic E-state index is 0.0610. The van der Waals surface area contributed by atoms with E-state index in [1.807, 2.05) is 18.2 Å². The van der Waals surface area contributed by atoms with Crippen LogP contribution >= 0.6 is 0 Å². The molecule has 0 unspecified atom stereocenters. The zero-order chi connectivity index (χ0) is 24.6. The number of rotatable bonds is 5. The Morgan fingerprint density at radius 3 is 2.46 bits per heavy atom. The topological polar surface area (TPSA) is 110 Å². The maximum absolute atomic E-state index is 13.2. The molecule has 0 aliphatic carbocycles. The van der Waals surface area contributed by atoms with E-state index in [1.165, 1.54) is 28.7 Å². The quantitative estimate of drug-likeness (QED) is 0.448. The fraction of sp³-hybridized carbons (Fsp3) is 0.269. The van der Waals surface area contributed by atoms with Crippen molar-refractivity contribution >= 4 is 22.7 Å². The Balaban J connectivity index is 1.34. The number of piperidine rings is 1. The molecule has 1 amide bonds. The van der Waals surface area contributed by atoms with Gasteiger partial charge in [-0.05, 0) is 44.0 Å². The van der Waals surface area contributed by atoms with E-state index >= 15 is 0 Å². The first kappa shape index (κ1) is 22.7. The van der Waals surface area contributed by atoms with Gasteiger partial charge in [0, 0.05) is 24.2 Å². The van der Waals surface area contributed by atoms with Gasteiger partial charge in [-0.3, -0.25) is 19.0 Å². The molecule has 1 aliphatic rings. The first-order valence-electron chi connectivity index (χ1n) is 11.5. The SMILES string of the molecule is CC(=O)c1cccc(-n2ncc3c(=O)n(CC4(O)CCN(C(=O)c5ccccc5)CC4)cnc32)c1. The van der Waals surface area contributed by atoms with Crippen LogP contribution in [0.15, 0.2) is 71.9 Å². The molecule has 178 valence electrons. The first-order valence-corrected chi connectivity index (χ1v) is 11.5. The van der Waals surface area contributed by atoms with Gasteiger partial charge in [0.2, 0.25) is 0 Å². The molecule has 0 radical (unpaired) electrons. The molecular formula is C26H25N5O4. The standard InChI is InChI=1S/C26H25N5O4/c1-18(32)20-8-5-9-21(14-20)31-23-22(15-28-31)25(34)30(17-27-23)16-26(35)10-12-29(13-11-26)24(33)19-6-3-2-4-7-19/h2-9,14-15,17,35H,10-13,16H2,1H3. The van der Waals surface area contributed by atoms with E-state index < -0.39 is 5.60 Å². The number of benzene rings is 2. The second-order valence-corrected chi connectivity index (χ2v) is 8.96. The molecule has 9 nitrogen and oxygen atoms in total. The second kappa shape index (κ2) is 8.92. The summed E-state index contributed by atoms with van der Waals surface area (Å²) in [6.45, 7) is 2.37. The van der Waals surface area contributed by atoms with Crippen LogP contribution in [0.3, 0.4) is 0 Å². The highest BCUT2D eigenvalue weighted by molar-refractivity contribution is 5.95. The number of ketones is 1. The maximum Gasteiger partial charge on any atom is 0.264 e. The van der Waals surface area contributed by atoms with Gasteiger partial charge in [0.25, 0.3) is 11.5 Å². The Bertz CT molecular complexity index is 1470. The van der Waals surface area contributed by atoms with Gasteiger partial charge in [0.05, 0.1) is 24.0 Å². The zero-order valence-electron chi connectivity index (χ0n) is 19.3. The highest BCUT2D eigenvalue weighted by Crippen LogP contribution is 2.25. The van der Waals surface area contributed by atoms with Crippen LogP contribution < -0.4 is 5.56 Å². The minimum atomic E-state index is -1.13. The van der Waals surface area contributed by atoms with Gasteiger partial charge < -0.3 is 10.0 Å². The third-order valence-corrected chi connectivity index (χ3v) is 6.52. The summed E-state index contributed by atoms with van der Waals surface area (Å²) in [5.41, 5.74) is 0.737. The Morgan fingerprint density at radius 2 is 1.74 bits per heavy atom. The number of aromatic nitrogens is 4. The fourth-order valence-electron chi connectivity index (χ4n) is 4.47. The van der Waals surface area contributed by atoms with E-state index in [4.69, 9.17) is 0 Å². The molecule has 1 saturated heterocycles. The summed E-state index contributed by atoms with van der Waals surface area (Å²) in [6.07, 6.45) is 3.57. The molecule has 0 atom stereocenters. The molecule has 0 bridgehead atoms. The lowest BCUT2D eigenvalue weighted by Crippen LogP contribution is -2.49. The second-order valence-electron chi connectivity index (χ2n) is 8.96. The number of fused-ring (bicyclic) bond motifs is 1. The number of aliphatic hydroxyl groups is 1. The van der Waals surface area contributed by atoms with Gasteiger partial charge in [0.1, 0.15) is 11.7 Å². The Kier molecular flexibility index (Phi) is 5.78. The lowest BCUT2D eigenvalue weighted by atomic mass is 9.91. The number of hydrogen-bond acceptors (Lipinski definition) is 6. The highest BCUT2D eigenvalue weighted by atomic mass is 16.3. The Labute approximate surface area is 201 Å². The van der Waals surface area contributed by atoms with Crippen molar-refractivity contribution in [1.29, 1.82) is 0 Å². The molecule has 5 rings (SSSR count). The summed E-state index contributed by atoms with van der Waals surface area (Å²) in [7, 11) is 0. The monoisotopic (exact) mass is 471 g/mol. The number of nitrogens with zero attached hydrogens (tertiary/aromatic N) is 5. The number of carbonyl (C=O) groups is 2. The van der Waals surface area contributed by atoms with Gasteiger partial charge in [-0.1, -0.05) is 30.3 Å². The van der Waals surface area contributed by atoms with E-state index in [-0.39, 0.29) is 23.8 Å². The average Bonchev–Trinajstić information content (AvgIpc) is 3.31. The van der Waals surface area contributed by atoms with E-state index in [9.17, 15) is 19.5 Å². The van der Waals surface area contributed by atoms with Crippen molar-refractivity contribution in [3.63, 3.8) is 0 Å². The smallest absolute Gasteiger partial charge is 0.264 e. The molecule has 1 aliphatic heterocycles. The zero-order valence-corrected chi connectivity index (χ0v) is 19.3. The number of hydrogen-bond donors (Lipinski definition) is 1. The Morgan fingerprint density at radius 1 is 1.03 bits per heavy atom. The fourth-order valence-corrected chi connectivity index (χ4v) is 4.47. The molecule has 35 heavy (non-hydrogen) atoms.